The Hall–Kier alpha value is -2.69. The monoisotopic (exact) mass is 489 g/mol. The quantitative estimate of drug-likeness (QED) is 0.670. The van der Waals surface area contributed by atoms with Crippen LogP contribution in [0.2, 0.25) is 0 Å². The first-order chi connectivity index (χ1) is 16.4. The van der Waals surface area contributed by atoms with Gasteiger partial charge in [0.2, 0.25) is 15.9 Å². The van der Waals surface area contributed by atoms with Crippen molar-refractivity contribution in [2.24, 2.45) is 0 Å². The lowest BCUT2D eigenvalue weighted by atomic mass is 10.0. The molecule has 5 rings (SSSR count). The molecule has 8 nitrogen and oxygen atoms in total. The van der Waals surface area contributed by atoms with Gasteiger partial charge in [0, 0.05) is 44.7 Å². The zero-order valence-electron chi connectivity index (χ0n) is 18.8. The van der Waals surface area contributed by atoms with E-state index in [2.05, 4.69) is 5.32 Å². The standard InChI is InChI=1S/C24H28FN3O5S/c25-18-4-2-17(3-5-18)23(24(29)26-19-6-7-19)27-10-12-28(13-11-27)34(30,31)20-8-9-21-22(16-20)33-15-1-14-32-21/h2-5,8-9,16,19,23H,1,6-7,10-15H2,(H,26,29). The molecule has 2 heterocycles. The van der Waals surface area contributed by atoms with E-state index in [1.54, 1.807) is 24.3 Å². The summed E-state index contributed by atoms with van der Waals surface area (Å²) in [7, 11) is -3.74. The lowest BCUT2D eigenvalue weighted by Gasteiger charge is -2.38. The lowest BCUT2D eigenvalue weighted by Crippen LogP contribution is -2.52. The highest BCUT2D eigenvalue weighted by molar-refractivity contribution is 7.89. The Morgan fingerprint density at radius 1 is 0.971 bits per heavy atom. The smallest absolute Gasteiger partial charge is 0.243 e. The first-order valence-electron chi connectivity index (χ1n) is 11.6. The van der Waals surface area contributed by atoms with Crippen molar-refractivity contribution in [1.82, 2.24) is 14.5 Å². The molecule has 2 fully saturated rings. The Balaban J connectivity index is 1.31. The maximum Gasteiger partial charge on any atom is 0.243 e. The minimum absolute atomic E-state index is 0.131. The molecule has 182 valence electrons. The molecular formula is C24H28FN3O5S. The summed E-state index contributed by atoms with van der Waals surface area (Å²) >= 11 is 0. The number of ether oxygens (including phenoxy) is 2. The number of nitrogens with zero attached hydrogens (tertiary/aromatic N) is 2. The first kappa shape index (κ1) is 23.1. The Kier molecular flexibility index (Phi) is 6.46. The second-order valence-electron chi connectivity index (χ2n) is 8.84. The number of sulfonamides is 1. The molecule has 10 heteroatoms. The SMILES string of the molecule is O=C(NC1CC1)C(c1ccc(F)cc1)N1CCN(S(=O)(=O)c2ccc3c(c2)OCCCO3)CC1. The highest BCUT2D eigenvalue weighted by atomic mass is 32.2. The van der Waals surface area contributed by atoms with Gasteiger partial charge in [0.05, 0.1) is 18.1 Å². The van der Waals surface area contributed by atoms with Crippen molar-refractivity contribution in [2.75, 3.05) is 39.4 Å². The normalized spacial score (nSPS) is 20.4. The van der Waals surface area contributed by atoms with Gasteiger partial charge < -0.3 is 14.8 Å². The zero-order chi connectivity index (χ0) is 23.7. The topological polar surface area (TPSA) is 88.2 Å². The highest BCUT2D eigenvalue weighted by Crippen LogP contribution is 2.33. The second-order valence-corrected chi connectivity index (χ2v) is 10.8. The molecule has 1 saturated heterocycles. The average molecular weight is 490 g/mol. The molecule has 0 bridgehead atoms. The minimum Gasteiger partial charge on any atom is -0.490 e. The fourth-order valence-corrected chi connectivity index (χ4v) is 5.77. The van der Waals surface area contributed by atoms with E-state index in [0.29, 0.717) is 43.4 Å². The van der Waals surface area contributed by atoms with Crippen LogP contribution >= 0.6 is 0 Å². The number of rotatable bonds is 6. The number of fused-ring (bicyclic) bond motifs is 1. The second kappa shape index (κ2) is 9.52. The van der Waals surface area contributed by atoms with E-state index >= 15 is 0 Å². The third kappa shape index (κ3) is 4.89. The van der Waals surface area contributed by atoms with Gasteiger partial charge in [-0.15, -0.1) is 0 Å². The molecule has 1 aliphatic carbocycles. The maximum atomic E-state index is 13.5. The van der Waals surface area contributed by atoms with Gasteiger partial charge in [0.15, 0.2) is 11.5 Å². The summed E-state index contributed by atoms with van der Waals surface area (Å²) in [5.74, 6) is 0.486. The molecule has 1 amide bonds. The van der Waals surface area contributed by atoms with E-state index in [9.17, 15) is 17.6 Å². The molecule has 1 unspecified atom stereocenters. The van der Waals surface area contributed by atoms with E-state index in [1.807, 2.05) is 4.90 Å². The average Bonchev–Trinajstić information content (AvgIpc) is 3.67. The summed E-state index contributed by atoms with van der Waals surface area (Å²) in [6.07, 6.45) is 2.66. The first-order valence-corrected chi connectivity index (χ1v) is 13.1. The van der Waals surface area contributed by atoms with Crippen LogP contribution in [0.5, 0.6) is 11.5 Å². The van der Waals surface area contributed by atoms with Gasteiger partial charge in [-0.1, -0.05) is 12.1 Å². The number of carbonyl (C=O) groups excluding carboxylic acids is 1. The van der Waals surface area contributed by atoms with Crippen LogP contribution in [0.3, 0.4) is 0 Å². The molecule has 1 saturated carbocycles. The number of hydrogen-bond acceptors (Lipinski definition) is 6. The van der Waals surface area contributed by atoms with Gasteiger partial charge >= 0.3 is 0 Å². The Bertz CT molecular complexity index is 1150. The van der Waals surface area contributed by atoms with Crippen LogP contribution in [-0.2, 0) is 14.8 Å². The van der Waals surface area contributed by atoms with Gasteiger partial charge in [-0.2, -0.15) is 4.31 Å². The van der Waals surface area contributed by atoms with Crippen molar-refractivity contribution in [3.63, 3.8) is 0 Å². The molecule has 0 spiro atoms. The largest absolute Gasteiger partial charge is 0.490 e. The van der Waals surface area contributed by atoms with Crippen molar-refractivity contribution >= 4 is 15.9 Å². The molecule has 34 heavy (non-hydrogen) atoms. The third-order valence-electron chi connectivity index (χ3n) is 6.35. The van der Waals surface area contributed by atoms with Crippen LogP contribution in [0.15, 0.2) is 47.4 Å². The molecule has 0 radical (unpaired) electrons. The van der Waals surface area contributed by atoms with Gasteiger partial charge in [0.25, 0.3) is 0 Å². The Labute approximate surface area is 198 Å². The van der Waals surface area contributed by atoms with Crippen LogP contribution < -0.4 is 14.8 Å². The van der Waals surface area contributed by atoms with E-state index in [1.165, 1.54) is 22.5 Å². The van der Waals surface area contributed by atoms with Gasteiger partial charge in [0.1, 0.15) is 11.9 Å². The molecule has 3 aliphatic rings. The van der Waals surface area contributed by atoms with Crippen molar-refractivity contribution < 1.29 is 27.1 Å². The predicted molar refractivity (Wildman–Crippen MR) is 123 cm³/mol. The molecule has 1 N–H and O–H groups in total. The van der Waals surface area contributed by atoms with Crippen molar-refractivity contribution in [1.29, 1.82) is 0 Å². The van der Waals surface area contributed by atoms with Crippen LogP contribution in [-0.4, -0.2) is 69.0 Å². The number of nitrogens with one attached hydrogen (secondary N) is 1. The van der Waals surface area contributed by atoms with Gasteiger partial charge in [-0.3, -0.25) is 9.69 Å². The lowest BCUT2D eigenvalue weighted by molar-refractivity contribution is -0.127. The molecular weight excluding hydrogens is 461 g/mol. The van der Waals surface area contributed by atoms with Gasteiger partial charge in [-0.05, 0) is 42.7 Å². The van der Waals surface area contributed by atoms with Crippen LogP contribution in [0, 0.1) is 5.82 Å². The summed E-state index contributed by atoms with van der Waals surface area (Å²) < 4.78 is 52.8. The summed E-state index contributed by atoms with van der Waals surface area (Å²) in [4.78, 5) is 15.2. The van der Waals surface area contributed by atoms with E-state index in [0.717, 1.165) is 19.3 Å². The fourth-order valence-electron chi connectivity index (χ4n) is 4.34. The molecule has 2 aromatic carbocycles. The fraction of sp³-hybridized carbons (Fsp3) is 0.458. The van der Waals surface area contributed by atoms with Crippen LogP contribution in [0.4, 0.5) is 4.39 Å². The van der Waals surface area contributed by atoms with Crippen molar-refractivity contribution in [3.8, 4) is 11.5 Å². The van der Waals surface area contributed by atoms with Gasteiger partial charge in [-0.25, -0.2) is 12.8 Å². The molecule has 2 aliphatic heterocycles. The number of hydrogen-bond donors (Lipinski definition) is 1. The molecule has 0 aromatic heterocycles. The van der Waals surface area contributed by atoms with Crippen molar-refractivity contribution in [2.45, 2.75) is 36.2 Å². The Morgan fingerprint density at radius 3 is 2.32 bits per heavy atom. The van der Waals surface area contributed by atoms with Crippen LogP contribution in [0.25, 0.3) is 0 Å². The maximum absolute atomic E-state index is 13.5. The zero-order valence-corrected chi connectivity index (χ0v) is 19.6. The third-order valence-corrected chi connectivity index (χ3v) is 8.25. The number of carbonyl (C=O) groups is 1. The van der Waals surface area contributed by atoms with Crippen molar-refractivity contribution in [3.05, 3.63) is 53.8 Å². The predicted octanol–water partition coefficient (Wildman–Crippen LogP) is 2.31. The van der Waals surface area contributed by atoms with E-state index in [4.69, 9.17) is 9.47 Å². The minimum atomic E-state index is -3.74. The van der Waals surface area contributed by atoms with E-state index in [-0.39, 0.29) is 35.8 Å². The van der Waals surface area contributed by atoms with E-state index < -0.39 is 16.1 Å². The van der Waals surface area contributed by atoms with Crippen LogP contribution in [0.1, 0.15) is 30.9 Å². The summed E-state index contributed by atoms with van der Waals surface area (Å²) in [6, 6.07) is 10.2. The number of halogens is 1. The summed E-state index contributed by atoms with van der Waals surface area (Å²) in [5, 5.41) is 3.03. The Morgan fingerprint density at radius 2 is 1.65 bits per heavy atom. The number of benzene rings is 2. The molecule has 2 aromatic rings. The molecule has 1 atom stereocenters. The summed E-state index contributed by atoms with van der Waals surface area (Å²) in [5.41, 5.74) is 0.693. The summed E-state index contributed by atoms with van der Waals surface area (Å²) in [6.45, 7) is 2.25. The highest BCUT2D eigenvalue weighted by Gasteiger charge is 2.36. The number of piperazine rings is 1. The number of amides is 1.